The molecule has 0 aliphatic heterocycles. The Bertz CT molecular complexity index is 366. The molecule has 3 N–H and O–H groups in total. The molecule has 0 fully saturated rings. The minimum atomic E-state index is -0.586. The van der Waals surface area contributed by atoms with Crippen LogP contribution in [-0.2, 0) is 14.4 Å². The number of nitrogens with two attached hydrogens (primary N) is 1. The number of allylic oxidation sites excluding steroid dienone is 3. The summed E-state index contributed by atoms with van der Waals surface area (Å²) in [6.07, 6.45) is 2.40. The van der Waals surface area contributed by atoms with E-state index in [1.807, 2.05) is 0 Å². The van der Waals surface area contributed by atoms with Gasteiger partial charge < -0.3 is 11.1 Å². The van der Waals surface area contributed by atoms with Crippen LogP contribution in [0.15, 0.2) is 23.4 Å². The molecule has 0 heterocycles. The molecule has 5 nitrogen and oxygen atoms in total. The lowest BCUT2D eigenvalue weighted by Gasteiger charge is -2.10. The van der Waals surface area contributed by atoms with Crippen molar-refractivity contribution in [2.45, 2.75) is 6.92 Å². The van der Waals surface area contributed by atoms with E-state index >= 15 is 0 Å². The van der Waals surface area contributed by atoms with E-state index in [4.69, 9.17) is 5.73 Å². The lowest BCUT2D eigenvalue weighted by atomic mass is 10.0. The number of hydrogen-bond acceptors (Lipinski definition) is 4. The summed E-state index contributed by atoms with van der Waals surface area (Å²) in [7, 11) is 0. The Kier molecular flexibility index (Phi) is 2.81. The van der Waals surface area contributed by atoms with Gasteiger partial charge >= 0.3 is 0 Å². The maximum absolute atomic E-state index is 11.3. The molecule has 0 unspecified atom stereocenters. The zero-order chi connectivity index (χ0) is 10.7. The van der Waals surface area contributed by atoms with Crippen molar-refractivity contribution in [3.63, 3.8) is 0 Å². The van der Waals surface area contributed by atoms with Gasteiger partial charge in [0.1, 0.15) is 0 Å². The van der Waals surface area contributed by atoms with Crippen LogP contribution in [-0.4, -0.2) is 24.0 Å². The highest BCUT2D eigenvalue weighted by atomic mass is 16.1. The monoisotopic (exact) mass is 194 g/mol. The quantitative estimate of drug-likeness (QED) is 0.566. The fourth-order valence-corrected chi connectivity index (χ4v) is 0.982. The first-order valence-electron chi connectivity index (χ1n) is 4.01. The Hall–Kier alpha value is -1.91. The van der Waals surface area contributed by atoms with Gasteiger partial charge in [-0.15, -0.1) is 0 Å². The number of carbonyl (C=O) groups is 3. The number of ketones is 2. The van der Waals surface area contributed by atoms with Crippen molar-refractivity contribution < 1.29 is 14.4 Å². The van der Waals surface area contributed by atoms with Gasteiger partial charge in [0, 0.05) is 11.6 Å². The van der Waals surface area contributed by atoms with Crippen molar-refractivity contribution in [3.8, 4) is 0 Å². The standard InChI is InChI=1S/C9H10N2O3/c1-5-2-8(13)6(3-7(5)12)11-4-9(10)14/h2-3,11H,4H2,1H3,(H2,10,14). The van der Waals surface area contributed by atoms with E-state index in [1.54, 1.807) is 6.92 Å². The van der Waals surface area contributed by atoms with E-state index in [1.165, 1.54) is 12.2 Å². The summed E-state index contributed by atoms with van der Waals surface area (Å²) in [5.74, 6) is -1.14. The fourth-order valence-electron chi connectivity index (χ4n) is 0.982. The first-order valence-corrected chi connectivity index (χ1v) is 4.01. The lowest BCUT2D eigenvalue weighted by molar-refractivity contribution is -0.117. The van der Waals surface area contributed by atoms with Gasteiger partial charge in [0.15, 0.2) is 5.78 Å². The van der Waals surface area contributed by atoms with Gasteiger partial charge in [0.25, 0.3) is 0 Å². The van der Waals surface area contributed by atoms with Crippen molar-refractivity contribution in [1.29, 1.82) is 0 Å². The average molecular weight is 194 g/mol. The number of carbonyl (C=O) groups excluding carboxylic acids is 3. The van der Waals surface area contributed by atoms with Crippen LogP contribution in [0.2, 0.25) is 0 Å². The van der Waals surface area contributed by atoms with Crippen molar-refractivity contribution >= 4 is 17.5 Å². The minimum Gasteiger partial charge on any atom is -0.373 e. The Labute approximate surface area is 80.6 Å². The molecule has 5 heteroatoms. The zero-order valence-electron chi connectivity index (χ0n) is 7.66. The first-order chi connectivity index (χ1) is 6.50. The third-order valence-electron chi connectivity index (χ3n) is 1.73. The van der Waals surface area contributed by atoms with Gasteiger partial charge in [0.2, 0.25) is 11.7 Å². The van der Waals surface area contributed by atoms with Crippen LogP contribution in [0.5, 0.6) is 0 Å². The van der Waals surface area contributed by atoms with E-state index in [9.17, 15) is 14.4 Å². The number of amides is 1. The highest BCUT2D eigenvalue weighted by Crippen LogP contribution is 2.08. The lowest BCUT2D eigenvalue weighted by Crippen LogP contribution is -2.32. The van der Waals surface area contributed by atoms with Crippen LogP contribution in [0.4, 0.5) is 0 Å². The second kappa shape index (κ2) is 3.87. The van der Waals surface area contributed by atoms with Gasteiger partial charge in [-0.25, -0.2) is 0 Å². The van der Waals surface area contributed by atoms with E-state index in [2.05, 4.69) is 5.32 Å². The van der Waals surface area contributed by atoms with Crippen molar-refractivity contribution in [1.82, 2.24) is 5.32 Å². The highest BCUT2D eigenvalue weighted by molar-refractivity contribution is 6.19. The largest absolute Gasteiger partial charge is 0.373 e. The number of nitrogens with one attached hydrogen (secondary N) is 1. The van der Waals surface area contributed by atoms with Crippen LogP contribution in [0.1, 0.15) is 6.92 Å². The Morgan fingerprint density at radius 2 is 2.00 bits per heavy atom. The second-order valence-corrected chi connectivity index (χ2v) is 2.93. The summed E-state index contributed by atoms with van der Waals surface area (Å²) >= 11 is 0. The summed E-state index contributed by atoms with van der Waals surface area (Å²) in [4.78, 5) is 32.8. The van der Waals surface area contributed by atoms with Crippen LogP contribution in [0.3, 0.4) is 0 Å². The van der Waals surface area contributed by atoms with Gasteiger partial charge in [0.05, 0.1) is 12.2 Å². The molecule has 14 heavy (non-hydrogen) atoms. The Morgan fingerprint density at radius 3 is 2.57 bits per heavy atom. The summed E-state index contributed by atoms with van der Waals surface area (Å²) in [6.45, 7) is 1.40. The van der Waals surface area contributed by atoms with Crippen LogP contribution in [0.25, 0.3) is 0 Å². The number of hydrogen-bond donors (Lipinski definition) is 2. The fraction of sp³-hybridized carbons (Fsp3) is 0.222. The second-order valence-electron chi connectivity index (χ2n) is 2.93. The summed E-state index contributed by atoms with van der Waals surface area (Å²) in [5.41, 5.74) is 5.38. The minimum absolute atomic E-state index is 0.111. The summed E-state index contributed by atoms with van der Waals surface area (Å²) in [5, 5.41) is 2.49. The third kappa shape index (κ3) is 2.29. The predicted octanol–water partition coefficient (Wildman–Crippen LogP) is -0.957. The van der Waals surface area contributed by atoms with E-state index in [0.29, 0.717) is 5.57 Å². The molecule has 0 aromatic carbocycles. The van der Waals surface area contributed by atoms with Gasteiger partial charge in [-0.3, -0.25) is 14.4 Å². The van der Waals surface area contributed by atoms with E-state index in [0.717, 1.165) is 0 Å². The SMILES string of the molecule is CC1=CC(=O)C(NCC(N)=O)=CC1=O. The molecular weight excluding hydrogens is 184 g/mol. The molecule has 1 aliphatic carbocycles. The normalized spacial score (nSPS) is 16.1. The third-order valence-corrected chi connectivity index (χ3v) is 1.73. The Balaban J connectivity index is 2.72. The molecule has 0 spiro atoms. The number of primary amides is 1. The summed E-state index contributed by atoms with van der Waals surface area (Å²) < 4.78 is 0. The molecule has 0 aromatic rings. The maximum atomic E-state index is 11.3. The van der Waals surface area contributed by atoms with Gasteiger partial charge in [-0.2, -0.15) is 0 Å². The molecule has 0 aromatic heterocycles. The van der Waals surface area contributed by atoms with E-state index < -0.39 is 5.91 Å². The Morgan fingerprint density at radius 1 is 1.36 bits per heavy atom. The van der Waals surface area contributed by atoms with Gasteiger partial charge in [-0.05, 0) is 13.0 Å². The first kappa shape index (κ1) is 10.2. The van der Waals surface area contributed by atoms with Crippen molar-refractivity contribution in [2.24, 2.45) is 5.73 Å². The maximum Gasteiger partial charge on any atom is 0.236 e. The molecule has 74 valence electrons. The van der Waals surface area contributed by atoms with E-state index in [-0.39, 0.29) is 23.8 Å². The highest BCUT2D eigenvalue weighted by Gasteiger charge is 2.17. The molecule has 0 saturated heterocycles. The van der Waals surface area contributed by atoms with Crippen LogP contribution >= 0.6 is 0 Å². The molecule has 0 bridgehead atoms. The molecule has 0 atom stereocenters. The zero-order valence-corrected chi connectivity index (χ0v) is 7.66. The summed E-state index contributed by atoms with van der Waals surface area (Å²) in [6, 6.07) is 0. The molecule has 0 radical (unpaired) electrons. The molecule has 1 rings (SSSR count). The molecule has 1 amide bonds. The molecular formula is C9H10N2O3. The van der Waals surface area contributed by atoms with Crippen LogP contribution in [0, 0.1) is 0 Å². The van der Waals surface area contributed by atoms with Crippen LogP contribution < -0.4 is 11.1 Å². The number of rotatable bonds is 3. The van der Waals surface area contributed by atoms with Crippen molar-refractivity contribution in [3.05, 3.63) is 23.4 Å². The average Bonchev–Trinajstić information content (AvgIpc) is 2.09. The smallest absolute Gasteiger partial charge is 0.236 e. The molecule has 1 aliphatic rings. The van der Waals surface area contributed by atoms with Gasteiger partial charge in [-0.1, -0.05) is 0 Å². The predicted molar refractivity (Wildman–Crippen MR) is 49.1 cm³/mol. The molecule has 0 saturated carbocycles. The topological polar surface area (TPSA) is 89.3 Å². The van der Waals surface area contributed by atoms with Crippen molar-refractivity contribution in [2.75, 3.05) is 6.54 Å².